The average molecular weight is 266 g/mol. The molecule has 0 aliphatic carbocycles. The number of benzene rings is 2. The van der Waals surface area contributed by atoms with Crippen LogP contribution in [0.4, 0.5) is 0 Å². The summed E-state index contributed by atoms with van der Waals surface area (Å²) in [4.78, 5) is 11.9. The van der Waals surface area contributed by atoms with Gasteiger partial charge in [0.2, 0.25) is 0 Å². The highest BCUT2D eigenvalue weighted by Gasteiger charge is 2.04. The highest BCUT2D eigenvalue weighted by atomic mass is 16.2. The molecule has 20 heavy (non-hydrogen) atoms. The molecule has 0 atom stereocenters. The first-order valence-corrected chi connectivity index (χ1v) is 6.54. The summed E-state index contributed by atoms with van der Waals surface area (Å²) in [5.74, 6) is -0.197. The van der Waals surface area contributed by atoms with Gasteiger partial charge in [0.25, 0.3) is 5.91 Å². The zero-order valence-electron chi connectivity index (χ0n) is 12.0. The lowest BCUT2D eigenvalue weighted by Crippen LogP contribution is -2.19. The lowest BCUT2D eigenvalue weighted by Gasteiger charge is -2.04. The fourth-order valence-corrected chi connectivity index (χ4v) is 1.84. The van der Waals surface area contributed by atoms with E-state index in [4.69, 9.17) is 0 Å². The van der Waals surface area contributed by atoms with E-state index in [1.54, 1.807) is 12.1 Å². The molecule has 2 aromatic rings. The van der Waals surface area contributed by atoms with Crippen molar-refractivity contribution in [1.82, 2.24) is 5.43 Å². The summed E-state index contributed by atoms with van der Waals surface area (Å²) in [5, 5.41) is 4.15. The number of carbonyl (C=O) groups is 1. The molecule has 3 heteroatoms. The number of rotatable bonds is 3. The molecule has 0 aliphatic rings. The topological polar surface area (TPSA) is 41.5 Å². The van der Waals surface area contributed by atoms with Gasteiger partial charge in [-0.3, -0.25) is 4.79 Å². The Kier molecular flexibility index (Phi) is 4.31. The number of hydrogen-bond donors (Lipinski definition) is 1. The molecule has 102 valence electrons. The Hall–Kier alpha value is -2.42. The number of carbonyl (C=O) groups excluding carboxylic acids is 1. The van der Waals surface area contributed by atoms with Crippen LogP contribution in [0.1, 0.15) is 34.0 Å². The van der Waals surface area contributed by atoms with Crippen LogP contribution in [0.5, 0.6) is 0 Å². The van der Waals surface area contributed by atoms with E-state index in [1.807, 2.05) is 57.2 Å². The molecular formula is C17H18N2O. The van der Waals surface area contributed by atoms with E-state index < -0.39 is 0 Å². The van der Waals surface area contributed by atoms with Crippen molar-refractivity contribution >= 4 is 11.6 Å². The summed E-state index contributed by atoms with van der Waals surface area (Å²) < 4.78 is 0. The van der Waals surface area contributed by atoms with Crippen LogP contribution in [0.2, 0.25) is 0 Å². The largest absolute Gasteiger partial charge is 0.271 e. The number of hydrazone groups is 1. The van der Waals surface area contributed by atoms with E-state index in [2.05, 4.69) is 10.5 Å². The molecule has 0 aromatic heterocycles. The molecule has 0 saturated heterocycles. The molecule has 0 bridgehead atoms. The zero-order valence-corrected chi connectivity index (χ0v) is 12.0. The molecule has 0 aliphatic heterocycles. The second-order valence-corrected chi connectivity index (χ2v) is 4.87. The minimum absolute atomic E-state index is 0.197. The van der Waals surface area contributed by atoms with Gasteiger partial charge in [0.15, 0.2) is 0 Å². The Morgan fingerprint density at radius 2 is 1.65 bits per heavy atom. The van der Waals surface area contributed by atoms with Gasteiger partial charge in [-0.15, -0.1) is 0 Å². The highest BCUT2D eigenvalue weighted by molar-refractivity contribution is 6.00. The Morgan fingerprint density at radius 1 is 0.950 bits per heavy atom. The molecule has 2 rings (SSSR count). The first-order valence-electron chi connectivity index (χ1n) is 6.54. The van der Waals surface area contributed by atoms with Gasteiger partial charge in [0.05, 0.1) is 5.71 Å². The third-order valence-electron chi connectivity index (χ3n) is 3.07. The Bertz CT molecular complexity index is 642. The summed E-state index contributed by atoms with van der Waals surface area (Å²) in [5.41, 5.74) is 7.28. The third kappa shape index (κ3) is 3.54. The van der Waals surface area contributed by atoms with Crippen molar-refractivity contribution in [2.45, 2.75) is 20.8 Å². The highest BCUT2D eigenvalue weighted by Crippen LogP contribution is 2.06. The van der Waals surface area contributed by atoms with Crippen LogP contribution in [0.15, 0.2) is 53.6 Å². The summed E-state index contributed by atoms with van der Waals surface area (Å²) in [7, 11) is 0. The second-order valence-electron chi connectivity index (χ2n) is 4.87. The van der Waals surface area contributed by atoms with E-state index in [-0.39, 0.29) is 5.91 Å². The first kappa shape index (κ1) is 14.0. The van der Waals surface area contributed by atoms with Crippen molar-refractivity contribution in [3.8, 4) is 0 Å². The van der Waals surface area contributed by atoms with E-state index in [0.717, 1.165) is 16.8 Å². The molecule has 3 nitrogen and oxygen atoms in total. The maximum Gasteiger partial charge on any atom is 0.271 e. The molecular weight excluding hydrogens is 248 g/mol. The lowest BCUT2D eigenvalue weighted by molar-refractivity contribution is 0.0955. The number of hydrogen-bond acceptors (Lipinski definition) is 2. The van der Waals surface area contributed by atoms with Gasteiger partial charge in [-0.1, -0.05) is 47.5 Å². The Morgan fingerprint density at radius 3 is 2.30 bits per heavy atom. The van der Waals surface area contributed by atoms with E-state index >= 15 is 0 Å². The van der Waals surface area contributed by atoms with Crippen LogP contribution < -0.4 is 5.43 Å². The van der Waals surface area contributed by atoms with E-state index in [0.29, 0.717) is 5.56 Å². The van der Waals surface area contributed by atoms with Crippen LogP contribution in [0.25, 0.3) is 0 Å². The van der Waals surface area contributed by atoms with E-state index in [9.17, 15) is 4.79 Å². The number of nitrogens with one attached hydrogen (secondary N) is 1. The second kappa shape index (κ2) is 6.15. The maximum atomic E-state index is 11.9. The number of aryl methyl sites for hydroxylation is 2. The minimum Gasteiger partial charge on any atom is -0.267 e. The molecule has 1 N–H and O–H groups in total. The van der Waals surface area contributed by atoms with Crippen molar-refractivity contribution in [2.24, 2.45) is 5.10 Å². The van der Waals surface area contributed by atoms with Gasteiger partial charge in [-0.2, -0.15) is 5.10 Å². The SMILES string of the molecule is C/C(=N\NC(=O)c1ccc(C)cc1)c1cccc(C)c1. The molecule has 1 amide bonds. The summed E-state index contributed by atoms with van der Waals surface area (Å²) in [6.07, 6.45) is 0. The summed E-state index contributed by atoms with van der Waals surface area (Å²) in [6.45, 7) is 5.90. The fraction of sp³-hybridized carbons (Fsp3) is 0.176. The minimum atomic E-state index is -0.197. The molecule has 0 radical (unpaired) electrons. The summed E-state index contributed by atoms with van der Waals surface area (Å²) >= 11 is 0. The van der Waals surface area contributed by atoms with Crippen LogP contribution in [0.3, 0.4) is 0 Å². The lowest BCUT2D eigenvalue weighted by atomic mass is 10.1. The van der Waals surface area contributed by atoms with Crippen LogP contribution in [-0.2, 0) is 0 Å². The van der Waals surface area contributed by atoms with Crippen LogP contribution in [0, 0.1) is 13.8 Å². The molecule has 0 spiro atoms. The summed E-state index contributed by atoms with van der Waals surface area (Å²) in [6, 6.07) is 15.4. The van der Waals surface area contributed by atoms with Crippen molar-refractivity contribution in [3.05, 3.63) is 70.8 Å². The fourth-order valence-electron chi connectivity index (χ4n) is 1.84. The van der Waals surface area contributed by atoms with Crippen molar-refractivity contribution in [1.29, 1.82) is 0 Å². The predicted molar refractivity (Wildman–Crippen MR) is 82.0 cm³/mol. The standard InChI is InChI=1S/C17H18N2O/c1-12-7-9-15(10-8-12)17(20)19-18-14(3)16-6-4-5-13(2)11-16/h4-11H,1-3H3,(H,19,20)/b18-14+. The Labute approximate surface area is 119 Å². The van der Waals surface area contributed by atoms with Crippen LogP contribution in [-0.4, -0.2) is 11.6 Å². The van der Waals surface area contributed by atoms with Crippen molar-refractivity contribution in [2.75, 3.05) is 0 Å². The molecule has 2 aromatic carbocycles. The quantitative estimate of drug-likeness (QED) is 0.671. The Balaban J connectivity index is 2.08. The van der Waals surface area contributed by atoms with Gasteiger partial charge in [0, 0.05) is 5.56 Å². The maximum absolute atomic E-state index is 11.9. The molecule has 0 unspecified atom stereocenters. The van der Waals surface area contributed by atoms with Gasteiger partial charge >= 0.3 is 0 Å². The van der Waals surface area contributed by atoms with Crippen molar-refractivity contribution in [3.63, 3.8) is 0 Å². The predicted octanol–water partition coefficient (Wildman–Crippen LogP) is 3.46. The van der Waals surface area contributed by atoms with Gasteiger partial charge < -0.3 is 0 Å². The molecule has 0 heterocycles. The normalized spacial score (nSPS) is 11.2. The smallest absolute Gasteiger partial charge is 0.267 e. The van der Waals surface area contributed by atoms with Crippen molar-refractivity contribution < 1.29 is 4.79 Å². The molecule has 0 fully saturated rings. The number of nitrogens with zero attached hydrogens (tertiary/aromatic N) is 1. The van der Waals surface area contributed by atoms with E-state index in [1.165, 1.54) is 5.56 Å². The zero-order chi connectivity index (χ0) is 14.5. The van der Waals surface area contributed by atoms with Gasteiger partial charge in [-0.25, -0.2) is 5.43 Å². The monoisotopic (exact) mass is 266 g/mol. The third-order valence-corrected chi connectivity index (χ3v) is 3.07. The number of amides is 1. The first-order chi connectivity index (χ1) is 9.56. The van der Waals surface area contributed by atoms with Gasteiger partial charge in [-0.05, 0) is 38.5 Å². The van der Waals surface area contributed by atoms with Gasteiger partial charge in [0.1, 0.15) is 0 Å². The molecule has 0 saturated carbocycles. The van der Waals surface area contributed by atoms with Crippen LogP contribution >= 0.6 is 0 Å². The average Bonchev–Trinajstić information content (AvgIpc) is 2.45.